The van der Waals surface area contributed by atoms with Gasteiger partial charge in [-0.2, -0.15) is 0 Å². The number of fused-ring (bicyclic) bond motifs is 2. The summed E-state index contributed by atoms with van der Waals surface area (Å²) in [5.41, 5.74) is 0. The minimum Gasteiger partial charge on any atom is -0.302 e. The normalized spacial score (nSPS) is 31.1. The molecule has 0 radical (unpaired) electrons. The van der Waals surface area contributed by atoms with E-state index >= 15 is 0 Å². The first-order chi connectivity index (χ1) is 8.74. The maximum Gasteiger partial charge on any atom is 0.229 e. The second kappa shape index (κ2) is 4.80. The zero-order valence-electron chi connectivity index (χ0n) is 10.1. The Hall–Kier alpha value is -1.23. The van der Waals surface area contributed by atoms with E-state index in [1.54, 1.807) is 6.20 Å². The zero-order valence-corrected chi connectivity index (χ0v) is 10.9. The van der Waals surface area contributed by atoms with E-state index in [2.05, 4.69) is 10.3 Å². The monoisotopic (exact) mass is 264 g/mol. The maximum atomic E-state index is 12.1. The van der Waals surface area contributed by atoms with E-state index in [1.807, 2.05) is 5.38 Å². The molecule has 5 heteroatoms. The standard InChI is InChI=1S/C13H16N2O2S/c16-11-8-2-1-3-9(11)7-10(6-8)12(17)15-13-14-4-5-18-13/h4-5,8-10H,1-3,6-7H2,(H,14,15,17)/t8-,9+,10?. The van der Waals surface area contributed by atoms with Crippen LogP contribution in [0, 0.1) is 17.8 Å². The molecule has 2 aliphatic carbocycles. The minimum absolute atomic E-state index is 0.0121. The van der Waals surface area contributed by atoms with E-state index in [0.29, 0.717) is 10.9 Å². The number of carbonyl (C=O) groups excluding carboxylic acids is 2. The van der Waals surface area contributed by atoms with Crippen molar-refractivity contribution in [3.63, 3.8) is 0 Å². The van der Waals surface area contributed by atoms with Crippen LogP contribution in [0.1, 0.15) is 32.1 Å². The number of aromatic nitrogens is 1. The second-order valence-electron chi connectivity index (χ2n) is 5.22. The molecule has 1 aromatic rings. The molecule has 2 fully saturated rings. The molecular weight excluding hydrogens is 248 g/mol. The fraction of sp³-hybridized carbons (Fsp3) is 0.615. The lowest BCUT2D eigenvalue weighted by atomic mass is 9.67. The predicted molar refractivity (Wildman–Crippen MR) is 69.3 cm³/mol. The number of anilines is 1. The highest BCUT2D eigenvalue weighted by molar-refractivity contribution is 7.13. The fourth-order valence-corrected chi connectivity index (χ4v) is 3.72. The predicted octanol–water partition coefficient (Wildman–Crippen LogP) is 2.48. The van der Waals surface area contributed by atoms with Crippen molar-refractivity contribution in [1.29, 1.82) is 0 Å². The molecule has 1 N–H and O–H groups in total. The fourth-order valence-electron chi connectivity index (χ4n) is 3.19. The molecule has 0 aromatic carbocycles. The number of ketones is 1. The lowest BCUT2D eigenvalue weighted by molar-refractivity contribution is -0.136. The quantitative estimate of drug-likeness (QED) is 0.892. The van der Waals surface area contributed by atoms with Crippen molar-refractivity contribution in [2.24, 2.45) is 17.8 Å². The molecule has 3 atom stereocenters. The maximum absolute atomic E-state index is 12.1. The summed E-state index contributed by atoms with van der Waals surface area (Å²) in [4.78, 5) is 28.2. The van der Waals surface area contributed by atoms with Gasteiger partial charge in [0.1, 0.15) is 5.78 Å². The van der Waals surface area contributed by atoms with E-state index in [9.17, 15) is 9.59 Å². The average molecular weight is 264 g/mol. The van der Waals surface area contributed by atoms with Gasteiger partial charge in [-0.1, -0.05) is 6.42 Å². The third-order valence-electron chi connectivity index (χ3n) is 4.08. The van der Waals surface area contributed by atoms with Crippen LogP contribution in [0.2, 0.25) is 0 Å². The number of nitrogens with one attached hydrogen (secondary N) is 1. The lowest BCUT2D eigenvalue weighted by Gasteiger charge is -2.36. The molecule has 3 rings (SSSR count). The molecule has 2 aliphatic rings. The molecule has 2 bridgehead atoms. The Kier molecular flexibility index (Phi) is 3.16. The van der Waals surface area contributed by atoms with Crippen LogP contribution in [0.15, 0.2) is 11.6 Å². The highest BCUT2D eigenvalue weighted by Crippen LogP contribution is 2.40. The Balaban J connectivity index is 1.66. The van der Waals surface area contributed by atoms with Crippen molar-refractivity contribution >= 4 is 28.2 Å². The summed E-state index contributed by atoms with van der Waals surface area (Å²) in [6.07, 6.45) is 6.22. The number of nitrogens with zero attached hydrogens (tertiary/aromatic N) is 1. The first kappa shape index (κ1) is 11.8. The van der Waals surface area contributed by atoms with Gasteiger partial charge in [0.15, 0.2) is 5.13 Å². The molecule has 1 unspecified atom stereocenters. The van der Waals surface area contributed by atoms with E-state index < -0.39 is 0 Å². The first-order valence-corrected chi connectivity index (χ1v) is 7.36. The summed E-state index contributed by atoms with van der Waals surface area (Å²) in [5, 5.41) is 5.35. The van der Waals surface area contributed by atoms with Crippen molar-refractivity contribution in [3.05, 3.63) is 11.6 Å². The van der Waals surface area contributed by atoms with Crippen LogP contribution in [0.3, 0.4) is 0 Å². The summed E-state index contributed by atoms with van der Waals surface area (Å²) in [5.74, 6) is 0.685. The SMILES string of the molecule is O=C(Nc1nccs1)C1C[C@H]2CCC[C@@H](C1)C2=O. The van der Waals surface area contributed by atoms with Gasteiger partial charge in [-0.25, -0.2) is 4.98 Å². The number of hydrogen-bond acceptors (Lipinski definition) is 4. The molecule has 1 heterocycles. The van der Waals surface area contributed by atoms with Crippen molar-refractivity contribution in [2.45, 2.75) is 32.1 Å². The van der Waals surface area contributed by atoms with Gasteiger partial charge in [0.05, 0.1) is 0 Å². The molecule has 0 aliphatic heterocycles. The molecule has 1 amide bonds. The second-order valence-corrected chi connectivity index (χ2v) is 6.12. The van der Waals surface area contributed by atoms with E-state index in [-0.39, 0.29) is 23.7 Å². The summed E-state index contributed by atoms with van der Waals surface area (Å²) in [6, 6.07) is 0. The van der Waals surface area contributed by atoms with E-state index in [4.69, 9.17) is 0 Å². The van der Waals surface area contributed by atoms with Gasteiger partial charge in [-0.05, 0) is 25.7 Å². The lowest BCUT2D eigenvalue weighted by Crippen LogP contribution is -2.40. The highest BCUT2D eigenvalue weighted by atomic mass is 32.1. The van der Waals surface area contributed by atoms with Crippen LogP contribution in [-0.4, -0.2) is 16.7 Å². The Morgan fingerprint density at radius 2 is 2.06 bits per heavy atom. The number of carbonyl (C=O) groups is 2. The molecule has 4 nitrogen and oxygen atoms in total. The van der Waals surface area contributed by atoms with Crippen LogP contribution in [0.5, 0.6) is 0 Å². The Bertz CT molecular complexity index is 442. The minimum atomic E-state index is -0.0121. The third kappa shape index (κ3) is 2.19. The van der Waals surface area contributed by atoms with Gasteiger partial charge in [-0.3, -0.25) is 9.59 Å². The van der Waals surface area contributed by atoms with Crippen molar-refractivity contribution in [1.82, 2.24) is 4.98 Å². The number of Topliss-reactive ketones (excluding diaryl/α,β-unsaturated/α-hetero) is 1. The zero-order chi connectivity index (χ0) is 12.5. The molecule has 1 aromatic heterocycles. The molecule has 0 saturated heterocycles. The summed E-state index contributed by atoms with van der Waals surface area (Å²) in [6.45, 7) is 0. The third-order valence-corrected chi connectivity index (χ3v) is 4.77. The Morgan fingerprint density at radius 3 is 2.67 bits per heavy atom. The average Bonchev–Trinajstić information content (AvgIpc) is 2.81. The Labute approximate surface area is 110 Å². The van der Waals surface area contributed by atoms with Gasteiger partial charge in [0.2, 0.25) is 5.91 Å². The van der Waals surface area contributed by atoms with Gasteiger partial charge in [0, 0.05) is 29.3 Å². The number of thiazole rings is 1. The van der Waals surface area contributed by atoms with Crippen LogP contribution in [0.4, 0.5) is 5.13 Å². The smallest absolute Gasteiger partial charge is 0.229 e. The van der Waals surface area contributed by atoms with Gasteiger partial charge in [0.25, 0.3) is 0 Å². The van der Waals surface area contributed by atoms with E-state index in [0.717, 1.165) is 32.1 Å². The van der Waals surface area contributed by atoms with E-state index in [1.165, 1.54) is 11.3 Å². The number of rotatable bonds is 2. The molecule has 18 heavy (non-hydrogen) atoms. The molecular formula is C13H16N2O2S. The van der Waals surface area contributed by atoms with Crippen LogP contribution in [0.25, 0.3) is 0 Å². The van der Waals surface area contributed by atoms with Crippen molar-refractivity contribution < 1.29 is 9.59 Å². The summed E-state index contributed by atoms with van der Waals surface area (Å²) >= 11 is 1.43. The topological polar surface area (TPSA) is 59.1 Å². The largest absolute Gasteiger partial charge is 0.302 e. The van der Waals surface area contributed by atoms with Crippen LogP contribution < -0.4 is 5.32 Å². The van der Waals surface area contributed by atoms with Gasteiger partial charge < -0.3 is 5.32 Å². The first-order valence-electron chi connectivity index (χ1n) is 6.48. The van der Waals surface area contributed by atoms with Crippen LogP contribution >= 0.6 is 11.3 Å². The van der Waals surface area contributed by atoms with Crippen molar-refractivity contribution in [2.75, 3.05) is 5.32 Å². The summed E-state index contributed by atoms with van der Waals surface area (Å²) < 4.78 is 0. The molecule has 2 saturated carbocycles. The number of amides is 1. The summed E-state index contributed by atoms with van der Waals surface area (Å²) in [7, 11) is 0. The molecule has 0 spiro atoms. The number of hydrogen-bond donors (Lipinski definition) is 1. The highest BCUT2D eigenvalue weighted by Gasteiger charge is 2.41. The van der Waals surface area contributed by atoms with Crippen molar-refractivity contribution in [3.8, 4) is 0 Å². The van der Waals surface area contributed by atoms with Gasteiger partial charge >= 0.3 is 0 Å². The Morgan fingerprint density at radius 1 is 1.33 bits per heavy atom. The van der Waals surface area contributed by atoms with Gasteiger partial charge in [-0.15, -0.1) is 11.3 Å². The molecule has 96 valence electrons. The van der Waals surface area contributed by atoms with Crippen LogP contribution in [-0.2, 0) is 9.59 Å².